The Balaban J connectivity index is 0.954. The molecular weight excluding hydrogens is 1190 g/mol. The molecule has 3 aliphatic heterocycles. The Kier molecular flexibility index (Phi) is 16.6. The van der Waals surface area contributed by atoms with Gasteiger partial charge < -0.3 is 41.1 Å². The van der Waals surface area contributed by atoms with Crippen LogP contribution in [-0.4, -0.2) is 142 Å². The average Bonchev–Trinajstić information content (AvgIpc) is 4.43. The zero-order chi connectivity index (χ0) is 58.1. The number of aliphatic hydroxyl groups is 1. The lowest BCUT2D eigenvalue weighted by molar-refractivity contribution is -0.605. The molecule has 3 aliphatic rings. The number of aliphatic hydroxyl groups excluding tert-OH is 1. The highest BCUT2D eigenvalue weighted by molar-refractivity contribution is 7.15. The Morgan fingerprint density at radius 3 is 2.08 bits per heavy atom. The number of likely N-dealkylation sites (tertiary alicyclic amines) is 1. The van der Waals surface area contributed by atoms with Crippen LogP contribution in [0.15, 0.2) is 79.7 Å². The summed E-state index contributed by atoms with van der Waals surface area (Å²) >= 11 is 7.07. The number of hydrogen-bond acceptors (Lipinski definition) is 23. The van der Waals surface area contributed by atoms with E-state index in [4.69, 9.17) is 29.7 Å². The van der Waals surface area contributed by atoms with Crippen LogP contribution in [-0.2, 0) is 19.1 Å². The minimum Gasteiger partial charge on any atom is -0.480 e. The van der Waals surface area contributed by atoms with E-state index < -0.39 is 78.4 Å². The fourth-order valence-electron chi connectivity index (χ4n) is 9.17. The first-order valence-corrected chi connectivity index (χ1v) is 30.9. The first-order valence-electron chi connectivity index (χ1n) is 25.6. The molecule has 0 aliphatic carbocycles. The number of carbonyl (C=O) groups is 6. The Morgan fingerprint density at radius 2 is 1.33 bits per heavy atom. The molecule has 1 fully saturated rings. The maximum atomic E-state index is 14.2. The second-order valence-electron chi connectivity index (χ2n) is 19.3. The number of aliphatic imine (C=N–C) groups is 1. The van der Waals surface area contributed by atoms with Crippen LogP contribution < -0.4 is 26.7 Å². The molecule has 10 bridgehead atoms. The van der Waals surface area contributed by atoms with Gasteiger partial charge in [-0.05, 0) is 36.5 Å². The fourth-order valence-corrected chi connectivity index (χ4v) is 14.3. The molecular formula is C52H48N15O10S6+. The van der Waals surface area contributed by atoms with Gasteiger partial charge in [-0.3, -0.25) is 24.0 Å². The number of rotatable bonds is 10. The number of fused-ring (bicyclic) bond motifs is 14. The predicted octanol–water partition coefficient (Wildman–Crippen LogP) is 5.86. The van der Waals surface area contributed by atoms with Crippen LogP contribution in [0.2, 0.25) is 0 Å². The molecule has 7 aromatic heterocycles. The van der Waals surface area contributed by atoms with Crippen LogP contribution in [0.1, 0.15) is 109 Å². The van der Waals surface area contributed by atoms with Crippen molar-refractivity contribution in [1.82, 2.24) is 66.5 Å². The van der Waals surface area contributed by atoms with Crippen molar-refractivity contribution >= 4 is 109 Å². The molecule has 25 nitrogen and oxygen atoms in total. The van der Waals surface area contributed by atoms with Crippen LogP contribution in [0.3, 0.4) is 0 Å². The van der Waals surface area contributed by atoms with Gasteiger partial charge in [-0.25, -0.2) is 44.7 Å². The third kappa shape index (κ3) is 12.2. The Hall–Kier alpha value is -8.20. The molecule has 8 aromatic rings. The van der Waals surface area contributed by atoms with Gasteiger partial charge in [-0.1, -0.05) is 44.2 Å². The van der Waals surface area contributed by atoms with E-state index in [2.05, 4.69) is 41.7 Å². The van der Waals surface area contributed by atoms with Gasteiger partial charge in [-0.2, -0.15) is 5.43 Å². The third-order valence-electron chi connectivity index (χ3n) is 13.4. The maximum Gasteiger partial charge on any atom is 0.326 e. The van der Waals surface area contributed by atoms with Crippen LogP contribution in [0.5, 0.6) is 0 Å². The normalized spacial score (nSPS) is 19.9. The molecule has 83 heavy (non-hydrogen) atoms. The van der Waals surface area contributed by atoms with Crippen LogP contribution in [0.25, 0.3) is 43.4 Å². The highest BCUT2D eigenvalue weighted by atomic mass is 32.1. The van der Waals surface area contributed by atoms with Gasteiger partial charge in [-0.15, -0.1) is 68.0 Å². The number of carboxylic acid groups (broad SMARTS) is 1. The van der Waals surface area contributed by atoms with Gasteiger partial charge in [0.1, 0.15) is 106 Å². The highest BCUT2D eigenvalue weighted by Crippen LogP contribution is 2.40. The lowest BCUT2D eigenvalue weighted by Gasteiger charge is -2.23. The van der Waals surface area contributed by atoms with E-state index in [9.17, 15) is 43.9 Å². The number of amides is 5. The Morgan fingerprint density at radius 1 is 0.711 bits per heavy atom. The largest absolute Gasteiger partial charge is 0.480 e. The zero-order valence-electron chi connectivity index (χ0n) is 43.9. The van der Waals surface area contributed by atoms with E-state index in [1.807, 2.05) is 13.8 Å². The summed E-state index contributed by atoms with van der Waals surface area (Å²) in [4.78, 5) is 133. The number of ether oxygens (including phenoxy) is 1. The summed E-state index contributed by atoms with van der Waals surface area (Å²) in [6, 6.07) is 7.66. The monoisotopic (exact) mass is 1230 g/mol. The van der Waals surface area contributed by atoms with Crippen molar-refractivity contribution in [3.63, 3.8) is 0 Å². The van der Waals surface area contributed by atoms with Gasteiger partial charge in [0.2, 0.25) is 11.8 Å². The summed E-state index contributed by atoms with van der Waals surface area (Å²) in [5.41, 5.74) is 5.47. The lowest BCUT2D eigenvalue weighted by Crippen LogP contribution is -2.45. The highest BCUT2D eigenvalue weighted by Gasteiger charge is 2.40. The first-order chi connectivity index (χ1) is 40.1. The minimum absolute atomic E-state index is 0.0110. The van der Waals surface area contributed by atoms with Crippen molar-refractivity contribution in [2.75, 3.05) is 33.3 Å². The molecule has 426 valence electrons. The molecule has 0 radical (unpaired) electrons. The number of benzene rings is 1. The maximum absolute atomic E-state index is 14.2. The zero-order valence-corrected chi connectivity index (χ0v) is 48.8. The van der Waals surface area contributed by atoms with Crippen molar-refractivity contribution in [2.24, 2.45) is 10.9 Å². The van der Waals surface area contributed by atoms with Gasteiger partial charge in [0.25, 0.3) is 30.2 Å². The lowest BCUT2D eigenvalue weighted by atomic mass is 10.0. The van der Waals surface area contributed by atoms with Crippen LogP contribution in [0.4, 0.5) is 0 Å². The van der Waals surface area contributed by atoms with Crippen LogP contribution in [0, 0.1) is 10.8 Å². The van der Waals surface area contributed by atoms with E-state index in [0.717, 1.165) is 34.0 Å². The predicted molar refractivity (Wildman–Crippen MR) is 309 cm³/mol. The van der Waals surface area contributed by atoms with Crippen molar-refractivity contribution in [2.45, 2.75) is 63.0 Å². The van der Waals surface area contributed by atoms with Crippen molar-refractivity contribution in [1.29, 1.82) is 0 Å². The van der Waals surface area contributed by atoms with Gasteiger partial charge in [0.15, 0.2) is 6.04 Å². The molecule has 31 heteroatoms. The summed E-state index contributed by atoms with van der Waals surface area (Å²) in [7, 11) is 1.43. The molecule has 6 atom stereocenters. The topological polar surface area (TPSA) is 338 Å². The standard InChI is InChI=1S/C52H47N15O10S6/c1-23(2)37-49-61-30(18-82-49)41(70)54-14-36(68)64-39(40(69)24-8-5-4-6-9-24)50-63-34(22-83-50)48-58-29(17-79-48)38-25(45-59-31(19-78-45)42(71)56-27(15-67(76)53-3)47-60-32(20-80-47)43(72)65-37)11-12-26(55-38)46-62-33(21-81-46)44-57-28(16-77-44)51(73)66-13-7-10-35(66)52(74)75/h4-6,8-9,11-12,17-23,27-28,35,37,39-40,69H,7,10,13-16H2,1-3H3,(H5-,53,54,56,64,65,68,70,71,72,74,75,76)/p+1. The number of pyridine rings is 1. The molecule has 6 unspecified atom stereocenters. The summed E-state index contributed by atoms with van der Waals surface area (Å²) in [6.07, 6.45) is -0.335. The number of aromatic nitrogens is 7. The van der Waals surface area contributed by atoms with E-state index in [1.165, 1.54) is 56.7 Å². The molecule has 10 heterocycles. The van der Waals surface area contributed by atoms with E-state index in [1.54, 1.807) is 64.0 Å². The van der Waals surface area contributed by atoms with Gasteiger partial charge >= 0.3 is 5.97 Å². The number of aliphatic carboxylic acids is 1. The Bertz CT molecular complexity index is 3830. The number of carbonyl (C=O) groups excluding carboxylic acids is 5. The quantitative estimate of drug-likeness (QED) is 0.0623. The molecule has 1 aromatic carbocycles. The van der Waals surface area contributed by atoms with Gasteiger partial charge in [0.05, 0.1) is 30.2 Å². The Labute approximate surface area is 495 Å². The number of nitrogens with zero attached hydrogens (tertiary/aromatic N) is 10. The van der Waals surface area contributed by atoms with Crippen molar-refractivity contribution in [3.05, 3.63) is 123 Å². The number of thiazole rings is 6. The molecule has 7 N–H and O–H groups in total. The second kappa shape index (κ2) is 24.3. The first kappa shape index (κ1) is 56.7. The summed E-state index contributed by atoms with van der Waals surface area (Å²) in [5.74, 6) is -4.05. The van der Waals surface area contributed by atoms with E-state index in [0.29, 0.717) is 88.9 Å². The average molecular weight is 1240 g/mol. The van der Waals surface area contributed by atoms with Crippen molar-refractivity contribution < 1.29 is 48.6 Å². The summed E-state index contributed by atoms with van der Waals surface area (Å²) in [6.45, 7) is 3.20. The number of carboxylic acids is 1. The smallest absolute Gasteiger partial charge is 0.326 e. The third-order valence-corrected chi connectivity index (χ3v) is 18.8. The SMILES string of the molecule is CN[N+](=O)CC1NC(=O)c2csc(n2)-c2ccc(-c3nc(C4=NC(C(=O)N5CCCC5C(=O)O)CO4)cs3)nc2-c2csc(n2)-c2csc(n2)C(C(O)c2ccccc2)NC(=O)CNC(=O)c2csc(n2)C(C(C)C)NC(=O)c2csc1n2. The van der Waals surface area contributed by atoms with Crippen molar-refractivity contribution in [3.8, 4) is 43.4 Å². The minimum atomic E-state index is -1.27. The molecule has 0 saturated carbocycles. The summed E-state index contributed by atoms with van der Waals surface area (Å²) in [5, 5.41) is 45.0. The van der Waals surface area contributed by atoms with E-state index in [-0.39, 0.29) is 47.1 Å². The number of hydrazine groups is 1. The number of nitroso groups, excluding NO2 is 1. The molecule has 11 rings (SSSR count). The molecule has 0 spiro atoms. The second-order valence-corrected chi connectivity index (χ2v) is 24.5. The number of hydrogen-bond donors (Lipinski definition) is 7. The number of nitrogens with one attached hydrogen (secondary N) is 5. The van der Waals surface area contributed by atoms with Gasteiger partial charge in [0, 0.05) is 44.4 Å². The van der Waals surface area contributed by atoms with Crippen LogP contribution >= 0.6 is 68.0 Å². The molecule has 5 amide bonds. The molecule has 1 saturated heterocycles. The fraction of sp³-hybridized carbons (Fsp3) is 0.308. The van der Waals surface area contributed by atoms with E-state index >= 15 is 0 Å². The summed E-state index contributed by atoms with van der Waals surface area (Å²) < 4.78 is 5.85.